The van der Waals surface area contributed by atoms with Crippen LogP contribution in [0, 0.1) is 0 Å². The molecule has 0 aliphatic carbocycles. The van der Waals surface area contributed by atoms with Crippen molar-refractivity contribution in [2.45, 2.75) is 32.6 Å². The molecule has 0 spiro atoms. The Morgan fingerprint density at radius 1 is 0.686 bits per heavy atom. The fraction of sp³-hybridized carbons (Fsp3) is 0.161. The van der Waals surface area contributed by atoms with Crippen LogP contribution in [0.25, 0.3) is 0 Å². The standard InChI is InChI=1S/C16H18O2.C15H16O2/c1-5-8-13-10-7-11-14(9-6-2)15(13)18-16(17)12(3)4;1-4-8-12-10-7-11-13(9-5-2)15(12)17-14(16)6-3/h5-7,10-11H,1-3,8-9H2,4H3;4-7,10-11H,1-3,8-9H2. The van der Waals surface area contributed by atoms with Gasteiger partial charge in [0.25, 0.3) is 0 Å². The van der Waals surface area contributed by atoms with E-state index in [1.807, 2.05) is 36.4 Å². The first-order valence-corrected chi connectivity index (χ1v) is 11.2. The molecule has 4 heteroatoms. The number of para-hydroxylation sites is 2. The summed E-state index contributed by atoms with van der Waals surface area (Å²) in [5.41, 5.74) is 4.15. The molecule has 0 aliphatic rings. The quantitative estimate of drug-likeness (QED) is 0.147. The number of rotatable bonds is 12. The number of carbonyl (C=O) groups is 2. The van der Waals surface area contributed by atoms with Gasteiger partial charge in [0.2, 0.25) is 0 Å². The molecule has 4 nitrogen and oxygen atoms in total. The van der Waals surface area contributed by atoms with Crippen molar-refractivity contribution in [1.82, 2.24) is 0 Å². The molecule has 0 saturated heterocycles. The molecule has 35 heavy (non-hydrogen) atoms. The summed E-state index contributed by atoms with van der Waals surface area (Å²) in [6.07, 6.45) is 10.9. The molecule has 2 aromatic rings. The minimum Gasteiger partial charge on any atom is -0.423 e. The Balaban J connectivity index is 0.000000351. The lowest BCUT2D eigenvalue weighted by Gasteiger charge is -2.13. The Labute approximate surface area is 209 Å². The third-order valence-electron chi connectivity index (χ3n) is 4.73. The molecule has 0 saturated carbocycles. The zero-order valence-electron chi connectivity index (χ0n) is 20.6. The molecule has 0 aliphatic heterocycles. The second kappa shape index (κ2) is 15.6. The maximum Gasteiger partial charge on any atom is 0.338 e. The molecule has 0 fully saturated rings. The summed E-state index contributed by atoms with van der Waals surface area (Å²) >= 11 is 0. The molecule has 0 aromatic heterocycles. The van der Waals surface area contributed by atoms with Crippen LogP contribution in [0.4, 0.5) is 0 Å². The molecule has 182 valence electrons. The molecule has 0 atom stereocenters. The molecule has 0 unspecified atom stereocenters. The van der Waals surface area contributed by atoms with E-state index in [-0.39, 0.29) is 0 Å². The van der Waals surface area contributed by atoms with Gasteiger partial charge in [0.05, 0.1) is 0 Å². The predicted octanol–water partition coefficient (Wildman–Crippen LogP) is 6.86. The molecule has 0 bridgehead atoms. The highest BCUT2D eigenvalue weighted by Crippen LogP contribution is 2.27. The molecule has 0 N–H and O–H groups in total. The zero-order valence-corrected chi connectivity index (χ0v) is 20.6. The van der Waals surface area contributed by atoms with Gasteiger partial charge in [0, 0.05) is 11.6 Å². The number of esters is 2. The van der Waals surface area contributed by atoms with Gasteiger partial charge in [0.15, 0.2) is 0 Å². The number of hydrogen-bond acceptors (Lipinski definition) is 4. The summed E-state index contributed by atoms with van der Waals surface area (Å²) in [7, 11) is 0. The second-order valence-electron chi connectivity index (χ2n) is 7.58. The fourth-order valence-electron chi connectivity index (χ4n) is 3.13. The van der Waals surface area contributed by atoms with Crippen molar-refractivity contribution in [2.75, 3.05) is 0 Å². The van der Waals surface area contributed by atoms with Gasteiger partial charge in [-0.2, -0.15) is 0 Å². The van der Waals surface area contributed by atoms with Gasteiger partial charge in [0.1, 0.15) is 11.5 Å². The lowest BCUT2D eigenvalue weighted by molar-refractivity contribution is -0.130. The van der Waals surface area contributed by atoms with Crippen LogP contribution in [0.1, 0.15) is 29.2 Å². The SMILES string of the molecule is C=CCc1cccc(CC=C)c1OC(=O)C(=C)C.C=CCc1cccc(CC=C)c1OC(=O)C=C. The highest BCUT2D eigenvalue weighted by Gasteiger charge is 2.13. The van der Waals surface area contributed by atoms with Gasteiger partial charge in [-0.1, -0.05) is 73.9 Å². The van der Waals surface area contributed by atoms with Crippen LogP contribution in [-0.4, -0.2) is 11.9 Å². The number of carbonyl (C=O) groups excluding carboxylic acids is 2. The summed E-state index contributed by atoms with van der Waals surface area (Å²) in [5, 5.41) is 0. The number of allylic oxidation sites excluding steroid dienone is 4. The van der Waals surface area contributed by atoms with E-state index in [9.17, 15) is 9.59 Å². The molecule has 0 amide bonds. The number of hydrogen-bond donors (Lipinski definition) is 0. The molecule has 0 heterocycles. The van der Waals surface area contributed by atoms with Crippen molar-refractivity contribution in [1.29, 1.82) is 0 Å². The van der Waals surface area contributed by atoms with Gasteiger partial charge in [-0.05, 0) is 54.9 Å². The summed E-state index contributed by atoms with van der Waals surface area (Å²) in [4.78, 5) is 23.0. The van der Waals surface area contributed by atoms with Gasteiger partial charge in [-0.25, -0.2) is 9.59 Å². The molecule has 0 radical (unpaired) electrons. The Hall–Kier alpha value is -4.18. The minimum absolute atomic E-state index is 0.382. The third-order valence-corrected chi connectivity index (χ3v) is 4.73. The molecule has 2 aromatic carbocycles. The largest absolute Gasteiger partial charge is 0.423 e. The third kappa shape index (κ3) is 9.30. The maximum atomic E-state index is 11.7. The van der Waals surface area contributed by atoms with Crippen molar-refractivity contribution >= 4 is 11.9 Å². The first-order chi connectivity index (χ1) is 16.8. The monoisotopic (exact) mass is 470 g/mol. The van der Waals surface area contributed by atoms with Crippen LogP contribution < -0.4 is 9.47 Å². The highest BCUT2D eigenvalue weighted by atomic mass is 16.5. The van der Waals surface area contributed by atoms with Gasteiger partial charge < -0.3 is 9.47 Å². The molecule has 2 rings (SSSR count). The van der Waals surface area contributed by atoms with E-state index in [4.69, 9.17) is 9.47 Å². The van der Waals surface area contributed by atoms with E-state index in [2.05, 4.69) is 39.5 Å². The van der Waals surface area contributed by atoms with Gasteiger partial charge in [-0.15, -0.1) is 26.3 Å². The van der Waals surface area contributed by atoms with Crippen LogP contribution in [-0.2, 0) is 35.3 Å². The van der Waals surface area contributed by atoms with E-state index in [1.54, 1.807) is 31.2 Å². The highest BCUT2D eigenvalue weighted by molar-refractivity contribution is 5.89. The predicted molar refractivity (Wildman–Crippen MR) is 145 cm³/mol. The van der Waals surface area contributed by atoms with Crippen molar-refractivity contribution in [3.63, 3.8) is 0 Å². The summed E-state index contributed by atoms with van der Waals surface area (Å²) in [6, 6.07) is 11.6. The average molecular weight is 471 g/mol. The van der Waals surface area contributed by atoms with Crippen LogP contribution in [0.5, 0.6) is 11.5 Å². The van der Waals surface area contributed by atoms with Crippen molar-refractivity contribution < 1.29 is 19.1 Å². The Morgan fingerprint density at radius 2 is 1.03 bits per heavy atom. The Bertz CT molecular complexity index is 1050. The van der Waals surface area contributed by atoms with Crippen molar-refractivity contribution in [3.05, 3.63) is 134 Å². The van der Waals surface area contributed by atoms with E-state index in [1.165, 1.54) is 0 Å². The fourth-order valence-corrected chi connectivity index (χ4v) is 3.13. The van der Waals surface area contributed by atoms with E-state index in [0.29, 0.717) is 42.8 Å². The molecular formula is C31H34O4. The van der Waals surface area contributed by atoms with Gasteiger partial charge in [-0.3, -0.25) is 0 Å². The average Bonchev–Trinajstić information content (AvgIpc) is 2.83. The first-order valence-electron chi connectivity index (χ1n) is 11.2. The van der Waals surface area contributed by atoms with Gasteiger partial charge >= 0.3 is 11.9 Å². The van der Waals surface area contributed by atoms with E-state index < -0.39 is 11.9 Å². The molecular weight excluding hydrogens is 436 g/mol. The second-order valence-corrected chi connectivity index (χ2v) is 7.58. The summed E-state index contributed by atoms with van der Waals surface area (Å²) < 4.78 is 10.7. The topological polar surface area (TPSA) is 52.6 Å². The van der Waals surface area contributed by atoms with Crippen LogP contribution >= 0.6 is 0 Å². The van der Waals surface area contributed by atoms with E-state index >= 15 is 0 Å². The summed E-state index contributed by atoms with van der Waals surface area (Å²) in [5.74, 6) is 0.339. The first kappa shape index (κ1) is 28.9. The lowest BCUT2D eigenvalue weighted by Crippen LogP contribution is -2.11. The Morgan fingerprint density at radius 3 is 1.31 bits per heavy atom. The number of ether oxygens (including phenoxy) is 2. The maximum absolute atomic E-state index is 11.7. The normalized spacial score (nSPS) is 9.51. The van der Waals surface area contributed by atoms with Crippen molar-refractivity contribution in [2.24, 2.45) is 0 Å². The Kier molecular flexibility index (Phi) is 12.9. The van der Waals surface area contributed by atoms with Crippen molar-refractivity contribution in [3.8, 4) is 11.5 Å². The zero-order chi connectivity index (χ0) is 26.2. The minimum atomic E-state index is -0.452. The smallest absolute Gasteiger partial charge is 0.338 e. The summed E-state index contributed by atoms with van der Waals surface area (Å²) in [6.45, 7) is 23.4. The van der Waals surface area contributed by atoms with Crippen LogP contribution in [0.15, 0.2) is 112 Å². The van der Waals surface area contributed by atoms with Crippen LogP contribution in [0.3, 0.4) is 0 Å². The van der Waals surface area contributed by atoms with Crippen LogP contribution in [0.2, 0.25) is 0 Å². The van der Waals surface area contributed by atoms with E-state index in [0.717, 1.165) is 28.3 Å². The number of benzene rings is 2. The lowest BCUT2D eigenvalue weighted by atomic mass is 10.0.